The maximum absolute atomic E-state index is 10.1. The van der Waals surface area contributed by atoms with Crippen LogP contribution in [0.25, 0.3) is 0 Å². The molecular weight excluding hydrogens is 364 g/mol. The SMILES string of the molecule is C[C@@H]1CN([C@@H](c2ccsc2)c2cccc(O)c2)[C@@H](C)CN1Cc1ccccc1. The maximum Gasteiger partial charge on any atom is 0.115 e. The lowest BCUT2D eigenvalue weighted by molar-refractivity contribution is 0.0196. The number of phenolic OH excluding ortho intramolecular Hbond substituents is 1. The highest BCUT2D eigenvalue weighted by atomic mass is 32.1. The highest BCUT2D eigenvalue weighted by molar-refractivity contribution is 7.08. The Balaban J connectivity index is 1.58. The smallest absolute Gasteiger partial charge is 0.115 e. The zero-order chi connectivity index (χ0) is 19.5. The van der Waals surface area contributed by atoms with Crippen molar-refractivity contribution in [2.24, 2.45) is 0 Å². The first-order valence-electron chi connectivity index (χ1n) is 9.96. The molecule has 3 aromatic rings. The summed E-state index contributed by atoms with van der Waals surface area (Å²) in [5, 5.41) is 14.4. The number of hydrogen-bond donors (Lipinski definition) is 1. The van der Waals surface area contributed by atoms with Crippen molar-refractivity contribution in [2.45, 2.75) is 38.5 Å². The van der Waals surface area contributed by atoms with E-state index in [1.165, 1.54) is 11.1 Å². The summed E-state index contributed by atoms with van der Waals surface area (Å²) in [6.45, 7) is 7.69. The van der Waals surface area contributed by atoms with Crippen LogP contribution in [0, 0.1) is 0 Å². The van der Waals surface area contributed by atoms with Crippen LogP contribution in [0.15, 0.2) is 71.4 Å². The lowest BCUT2D eigenvalue weighted by atomic mass is 9.95. The molecule has 0 spiro atoms. The zero-order valence-electron chi connectivity index (χ0n) is 16.5. The number of hydrogen-bond acceptors (Lipinski definition) is 4. The average Bonchev–Trinajstić information content (AvgIpc) is 3.21. The van der Waals surface area contributed by atoms with E-state index in [1.54, 1.807) is 17.4 Å². The molecule has 4 rings (SSSR count). The molecule has 4 heteroatoms. The molecule has 2 heterocycles. The number of thiophene rings is 1. The molecule has 1 aliphatic rings. The Labute approximate surface area is 171 Å². The number of rotatable bonds is 5. The van der Waals surface area contributed by atoms with E-state index >= 15 is 0 Å². The van der Waals surface area contributed by atoms with E-state index in [0.717, 1.165) is 25.2 Å². The van der Waals surface area contributed by atoms with E-state index in [2.05, 4.69) is 76.9 Å². The van der Waals surface area contributed by atoms with Crippen molar-refractivity contribution in [3.8, 4) is 5.75 Å². The van der Waals surface area contributed by atoms with Gasteiger partial charge in [-0.2, -0.15) is 11.3 Å². The van der Waals surface area contributed by atoms with Crippen molar-refractivity contribution in [3.05, 3.63) is 88.1 Å². The van der Waals surface area contributed by atoms with E-state index in [1.807, 2.05) is 12.1 Å². The summed E-state index contributed by atoms with van der Waals surface area (Å²) < 4.78 is 0. The third kappa shape index (κ3) is 4.14. The van der Waals surface area contributed by atoms with Gasteiger partial charge in [0.2, 0.25) is 0 Å². The van der Waals surface area contributed by atoms with Gasteiger partial charge in [0, 0.05) is 31.7 Å². The lowest BCUT2D eigenvalue weighted by Gasteiger charge is -2.47. The summed E-state index contributed by atoms with van der Waals surface area (Å²) in [6.07, 6.45) is 0. The predicted octanol–water partition coefficient (Wildman–Crippen LogP) is 5.14. The molecule has 0 bridgehead atoms. The molecule has 0 saturated carbocycles. The molecule has 3 atom stereocenters. The number of nitrogens with zero attached hydrogens (tertiary/aromatic N) is 2. The third-order valence-electron chi connectivity index (χ3n) is 5.77. The highest BCUT2D eigenvalue weighted by Gasteiger charge is 2.35. The Morgan fingerprint density at radius 1 is 0.964 bits per heavy atom. The lowest BCUT2D eigenvalue weighted by Crippen LogP contribution is -2.56. The normalized spacial score (nSPS) is 22.2. The van der Waals surface area contributed by atoms with Gasteiger partial charge in [-0.15, -0.1) is 0 Å². The average molecular weight is 393 g/mol. The molecule has 1 fully saturated rings. The van der Waals surface area contributed by atoms with Gasteiger partial charge in [-0.1, -0.05) is 42.5 Å². The van der Waals surface area contributed by atoms with Crippen LogP contribution in [-0.2, 0) is 6.54 Å². The molecule has 28 heavy (non-hydrogen) atoms. The molecule has 0 radical (unpaired) electrons. The minimum absolute atomic E-state index is 0.176. The van der Waals surface area contributed by atoms with Crippen molar-refractivity contribution in [2.75, 3.05) is 13.1 Å². The second-order valence-electron chi connectivity index (χ2n) is 7.86. The Morgan fingerprint density at radius 2 is 1.79 bits per heavy atom. The minimum Gasteiger partial charge on any atom is -0.508 e. The van der Waals surface area contributed by atoms with Gasteiger partial charge in [-0.25, -0.2) is 0 Å². The van der Waals surface area contributed by atoms with Gasteiger partial charge < -0.3 is 5.11 Å². The van der Waals surface area contributed by atoms with Crippen LogP contribution in [-0.4, -0.2) is 40.1 Å². The topological polar surface area (TPSA) is 26.7 Å². The van der Waals surface area contributed by atoms with E-state index < -0.39 is 0 Å². The van der Waals surface area contributed by atoms with Crippen LogP contribution in [0.4, 0.5) is 0 Å². The van der Waals surface area contributed by atoms with E-state index in [0.29, 0.717) is 17.8 Å². The summed E-state index contributed by atoms with van der Waals surface area (Å²) >= 11 is 1.74. The van der Waals surface area contributed by atoms with Crippen LogP contribution in [0.5, 0.6) is 5.75 Å². The van der Waals surface area contributed by atoms with Crippen LogP contribution >= 0.6 is 11.3 Å². The molecule has 1 saturated heterocycles. The Kier molecular flexibility index (Phi) is 5.81. The monoisotopic (exact) mass is 392 g/mol. The van der Waals surface area contributed by atoms with E-state index in [9.17, 15) is 5.11 Å². The fraction of sp³-hybridized carbons (Fsp3) is 0.333. The maximum atomic E-state index is 10.1. The first-order valence-corrected chi connectivity index (χ1v) is 10.9. The van der Waals surface area contributed by atoms with Gasteiger partial charge >= 0.3 is 0 Å². The molecule has 2 aromatic carbocycles. The predicted molar refractivity (Wildman–Crippen MR) is 117 cm³/mol. The number of benzene rings is 2. The molecule has 3 nitrogen and oxygen atoms in total. The second-order valence-corrected chi connectivity index (χ2v) is 8.64. The van der Waals surface area contributed by atoms with Crippen LogP contribution < -0.4 is 0 Å². The molecule has 0 amide bonds. The van der Waals surface area contributed by atoms with Crippen LogP contribution in [0.3, 0.4) is 0 Å². The Hall–Kier alpha value is -2.14. The fourth-order valence-corrected chi connectivity index (χ4v) is 5.00. The Bertz CT molecular complexity index is 881. The summed E-state index contributed by atoms with van der Waals surface area (Å²) in [7, 11) is 0. The van der Waals surface area contributed by atoms with Gasteiger partial charge in [-0.3, -0.25) is 9.80 Å². The molecule has 0 unspecified atom stereocenters. The standard InChI is InChI=1S/C24H28N2OS/c1-18-15-26(19(2)14-25(18)16-20-7-4-3-5-8-20)24(22-11-12-28-17-22)21-9-6-10-23(27)13-21/h3-13,17-19,24,27H,14-16H2,1-2H3/t18-,19+,24-/m1/s1. The van der Waals surface area contributed by atoms with Gasteiger partial charge in [0.15, 0.2) is 0 Å². The molecule has 0 aliphatic carbocycles. The van der Waals surface area contributed by atoms with Crippen molar-refractivity contribution in [1.82, 2.24) is 9.80 Å². The van der Waals surface area contributed by atoms with Crippen LogP contribution in [0.1, 0.15) is 36.6 Å². The third-order valence-corrected chi connectivity index (χ3v) is 6.47. The van der Waals surface area contributed by atoms with E-state index in [-0.39, 0.29) is 6.04 Å². The summed E-state index contributed by atoms with van der Waals surface area (Å²) in [5.74, 6) is 0.334. The van der Waals surface area contributed by atoms with E-state index in [4.69, 9.17) is 0 Å². The van der Waals surface area contributed by atoms with Crippen molar-refractivity contribution < 1.29 is 5.11 Å². The molecule has 1 N–H and O–H groups in total. The zero-order valence-corrected chi connectivity index (χ0v) is 17.3. The highest BCUT2D eigenvalue weighted by Crippen LogP contribution is 2.35. The van der Waals surface area contributed by atoms with Gasteiger partial charge in [-0.05, 0) is 59.5 Å². The quantitative estimate of drug-likeness (QED) is 0.651. The Morgan fingerprint density at radius 3 is 2.50 bits per heavy atom. The second kappa shape index (κ2) is 8.48. The van der Waals surface area contributed by atoms with Crippen molar-refractivity contribution >= 4 is 11.3 Å². The van der Waals surface area contributed by atoms with Gasteiger partial charge in [0.05, 0.1) is 6.04 Å². The fourth-order valence-electron chi connectivity index (χ4n) is 4.32. The first kappa shape index (κ1) is 19.2. The molecular formula is C24H28N2OS. The number of phenols is 1. The van der Waals surface area contributed by atoms with Crippen LogP contribution in [0.2, 0.25) is 0 Å². The largest absolute Gasteiger partial charge is 0.508 e. The van der Waals surface area contributed by atoms with Gasteiger partial charge in [0.25, 0.3) is 0 Å². The number of piperazine rings is 1. The summed E-state index contributed by atoms with van der Waals surface area (Å²) in [5.41, 5.74) is 3.84. The summed E-state index contributed by atoms with van der Waals surface area (Å²) in [4.78, 5) is 5.19. The minimum atomic E-state index is 0.176. The van der Waals surface area contributed by atoms with Crippen molar-refractivity contribution in [3.63, 3.8) is 0 Å². The molecule has 1 aliphatic heterocycles. The first-order chi connectivity index (χ1) is 13.6. The molecule has 146 valence electrons. The van der Waals surface area contributed by atoms with Gasteiger partial charge in [0.1, 0.15) is 5.75 Å². The number of aromatic hydroxyl groups is 1. The molecule has 1 aromatic heterocycles. The van der Waals surface area contributed by atoms with Crippen molar-refractivity contribution in [1.29, 1.82) is 0 Å². The summed E-state index contributed by atoms with van der Waals surface area (Å²) in [6, 6.07) is 21.8.